The lowest BCUT2D eigenvalue weighted by Crippen LogP contribution is -2.23. The number of esters is 1. The van der Waals surface area contributed by atoms with Crippen LogP contribution in [-0.4, -0.2) is 16.1 Å². The maximum atomic E-state index is 12.5. The number of benzene rings is 2. The first kappa shape index (κ1) is 16.0. The normalized spacial score (nSPS) is 14.9. The number of carbonyl (C=O) groups is 1. The zero-order valence-electron chi connectivity index (χ0n) is 13.3. The van der Waals surface area contributed by atoms with Crippen molar-refractivity contribution in [3.63, 3.8) is 0 Å². The molecule has 1 fully saturated rings. The van der Waals surface area contributed by atoms with Gasteiger partial charge >= 0.3 is 5.97 Å². The number of aromatic nitrogens is 2. The Kier molecular flexibility index (Phi) is 4.13. The second-order valence-electron chi connectivity index (χ2n) is 6.05. The smallest absolute Gasteiger partial charge is 0.317 e. The Morgan fingerprint density at radius 3 is 2.68 bits per heavy atom. The molecule has 0 amide bonds. The molecule has 3 aromatic rings. The Morgan fingerprint density at radius 2 is 1.96 bits per heavy atom. The van der Waals surface area contributed by atoms with Crippen molar-refractivity contribution >= 4 is 21.9 Å². The number of hydrogen-bond donors (Lipinski definition) is 0. The first-order chi connectivity index (χ1) is 12.2. The predicted octanol–water partition coefficient (Wildman–Crippen LogP) is 4.27. The van der Waals surface area contributed by atoms with Crippen LogP contribution in [0.4, 0.5) is 0 Å². The van der Waals surface area contributed by atoms with E-state index in [1.54, 1.807) is 0 Å². The van der Waals surface area contributed by atoms with Crippen LogP contribution in [0, 0.1) is 0 Å². The molecule has 0 atom stereocenters. The van der Waals surface area contributed by atoms with Gasteiger partial charge in [-0.15, -0.1) is 0 Å². The van der Waals surface area contributed by atoms with Gasteiger partial charge in [0.2, 0.25) is 5.82 Å². The molecule has 0 saturated heterocycles. The molecule has 1 aliphatic carbocycles. The molecule has 0 N–H and O–H groups in total. The monoisotopic (exact) mass is 398 g/mol. The van der Waals surface area contributed by atoms with Crippen molar-refractivity contribution < 1.29 is 14.1 Å². The first-order valence-electron chi connectivity index (χ1n) is 7.99. The van der Waals surface area contributed by atoms with Crippen molar-refractivity contribution in [2.45, 2.75) is 24.9 Å². The van der Waals surface area contributed by atoms with Gasteiger partial charge in [-0.25, -0.2) is 0 Å². The van der Waals surface area contributed by atoms with E-state index in [2.05, 4.69) is 26.1 Å². The highest BCUT2D eigenvalue weighted by Crippen LogP contribution is 2.49. The molecule has 1 heterocycles. The minimum atomic E-state index is -0.506. The number of hydrogen-bond acceptors (Lipinski definition) is 5. The molecule has 5 nitrogen and oxygen atoms in total. The van der Waals surface area contributed by atoms with Gasteiger partial charge in [0.1, 0.15) is 0 Å². The number of nitrogens with zero attached hydrogens (tertiary/aromatic N) is 2. The van der Waals surface area contributed by atoms with E-state index in [1.807, 2.05) is 54.6 Å². The molecule has 25 heavy (non-hydrogen) atoms. The average Bonchev–Trinajstić information content (AvgIpc) is 3.32. The van der Waals surface area contributed by atoms with Crippen molar-refractivity contribution in [2.75, 3.05) is 0 Å². The number of ether oxygens (including phenoxy) is 1. The standard InChI is InChI=1S/C19H15BrN2O3/c20-15-8-4-5-13(11-15)17-21-16(25-22-17)12-24-18(23)19(9-10-19)14-6-2-1-3-7-14/h1-8,11H,9-10,12H2. The van der Waals surface area contributed by atoms with Crippen LogP contribution in [-0.2, 0) is 21.6 Å². The average molecular weight is 399 g/mol. The number of carbonyl (C=O) groups excluding carboxylic acids is 1. The highest BCUT2D eigenvalue weighted by Gasteiger charge is 2.52. The van der Waals surface area contributed by atoms with Gasteiger partial charge in [0, 0.05) is 10.0 Å². The zero-order chi connectivity index (χ0) is 17.3. The summed E-state index contributed by atoms with van der Waals surface area (Å²) in [4.78, 5) is 16.8. The van der Waals surface area contributed by atoms with Crippen LogP contribution in [0.1, 0.15) is 24.3 Å². The van der Waals surface area contributed by atoms with Gasteiger partial charge in [0.05, 0.1) is 5.41 Å². The summed E-state index contributed by atoms with van der Waals surface area (Å²) in [6, 6.07) is 17.3. The van der Waals surface area contributed by atoms with Gasteiger partial charge < -0.3 is 9.26 Å². The van der Waals surface area contributed by atoms with Gasteiger partial charge in [-0.05, 0) is 30.5 Å². The van der Waals surface area contributed by atoms with Gasteiger partial charge in [-0.1, -0.05) is 63.6 Å². The maximum Gasteiger partial charge on any atom is 0.317 e. The number of halogens is 1. The Hall–Kier alpha value is -2.47. The zero-order valence-corrected chi connectivity index (χ0v) is 14.9. The fraction of sp³-hybridized carbons (Fsp3) is 0.211. The Labute approximate surface area is 153 Å². The summed E-state index contributed by atoms with van der Waals surface area (Å²) in [6.45, 7) is -0.0194. The quantitative estimate of drug-likeness (QED) is 0.600. The molecule has 1 saturated carbocycles. The van der Waals surface area contributed by atoms with Crippen molar-refractivity contribution in [2.24, 2.45) is 0 Å². The summed E-state index contributed by atoms with van der Waals surface area (Å²) < 4.78 is 11.6. The van der Waals surface area contributed by atoms with E-state index in [9.17, 15) is 4.79 Å². The molecule has 0 spiro atoms. The van der Waals surface area contributed by atoms with E-state index in [0.29, 0.717) is 5.82 Å². The molecule has 6 heteroatoms. The Morgan fingerprint density at radius 1 is 1.16 bits per heavy atom. The van der Waals surface area contributed by atoms with Gasteiger partial charge in [-0.3, -0.25) is 4.79 Å². The summed E-state index contributed by atoms with van der Waals surface area (Å²) in [5.41, 5.74) is 1.33. The Bertz CT molecular complexity index is 904. The van der Waals surface area contributed by atoms with Crippen molar-refractivity contribution in [1.29, 1.82) is 0 Å². The van der Waals surface area contributed by atoms with E-state index < -0.39 is 5.41 Å². The van der Waals surface area contributed by atoms with E-state index in [4.69, 9.17) is 9.26 Å². The summed E-state index contributed by atoms with van der Waals surface area (Å²) in [6.07, 6.45) is 1.62. The topological polar surface area (TPSA) is 65.2 Å². The first-order valence-corrected chi connectivity index (χ1v) is 8.78. The van der Waals surface area contributed by atoms with Crippen LogP contribution < -0.4 is 0 Å². The third kappa shape index (κ3) is 3.22. The molecule has 0 unspecified atom stereocenters. The highest BCUT2D eigenvalue weighted by atomic mass is 79.9. The molecule has 0 bridgehead atoms. The molecular formula is C19H15BrN2O3. The molecular weight excluding hydrogens is 384 g/mol. The van der Waals surface area contributed by atoms with Crippen LogP contribution in [0.3, 0.4) is 0 Å². The summed E-state index contributed by atoms with van der Waals surface area (Å²) in [7, 11) is 0. The lowest BCUT2D eigenvalue weighted by molar-refractivity contribution is -0.148. The summed E-state index contributed by atoms with van der Waals surface area (Å²) >= 11 is 3.41. The molecule has 1 aromatic heterocycles. The SMILES string of the molecule is O=C(OCc1nc(-c2cccc(Br)c2)no1)C1(c2ccccc2)CC1. The van der Waals surface area contributed by atoms with Gasteiger partial charge in [-0.2, -0.15) is 4.98 Å². The molecule has 0 radical (unpaired) electrons. The summed E-state index contributed by atoms with van der Waals surface area (Å²) in [5.74, 6) is 0.518. The summed E-state index contributed by atoms with van der Waals surface area (Å²) in [5, 5.41) is 3.94. The van der Waals surface area contributed by atoms with Crippen molar-refractivity contribution in [3.8, 4) is 11.4 Å². The van der Waals surface area contributed by atoms with Crippen LogP contribution in [0.5, 0.6) is 0 Å². The molecule has 0 aliphatic heterocycles. The molecule has 4 rings (SSSR count). The van der Waals surface area contributed by atoms with E-state index in [0.717, 1.165) is 28.4 Å². The van der Waals surface area contributed by atoms with Gasteiger partial charge in [0.15, 0.2) is 6.61 Å². The van der Waals surface area contributed by atoms with Gasteiger partial charge in [0.25, 0.3) is 5.89 Å². The van der Waals surface area contributed by atoms with E-state index in [-0.39, 0.29) is 18.5 Å². The van der Waals surface area contributed by atoms with Crippen LogP contribution >= 0.6 is 15.9 Å². The minimum Gasteiger partial charge on any atom is -0.455 e. The fourth-order valence-electron chi connectivity index (χ4n) is 2.82. The highest BCUT2D eigenvalue weighted by molar-refractivity contribution is 9.10. The fourth-order valence-corrected chi connectivity index (χ4v) is 3.22. The predicted molar refractivity (Wildman–Crippen MR) is 94.6 cm³/mol. The molecule has 126 valence electrons. The second kappa shape index (κ2) is 6.44. The van der Waals surface area contributed by atoms with Crippen molar-refractivity contribution in [1.82, 2.24) is 10.1 Å². The van der Waals surface area contributed by atoms with Crippen LogP contribution in [0.2, 0.25) is 0 Å². The lowest BCUT2D eigenvalue weighted by atomic mass is 9.96. The van der Waals surface area contributed by atoms with E-state index >= 15 is 0 Å². The van der Waals surface area contributed by atoms with Crippen LogP contribution in [0.25, 0.3) is 11.4 Å². The third-order valence-electron chi connectivity index (χ3n) is 4.34. The van der Waals surface area contributed by atoms with E-state index in [1.165, 1.54) is 0 Å². The third-order valence-corrected chi connectivity index (χ3v) is 4.84. The minimum absolute atomic E-state index is 0.0194. The second-order valence-corrected chi connectivity index (χ2v) is 6.96. The lowest BCUT2D eigenvalue weighted by Gasteiger charge is -2.13. The Balaban J connectivity index is 1.43. The molecule has 2 aromatic carbocycles. The maximum absolute atomic E-state index is 12.5. The van der Waals surface area contributed by atoms with Crippen LogP contribution in [0.15, 0.2) is 63.6 Å². The molecule has 1 aliphatic rings. The largest absolute Gasteiger partial charge is 0.455 e. The number of rotatable bonds is 5. The van der Waals surface area contributed by atoms with Crippen molar-refractivity contribution in [3.05, 3.63) is 70.5 Å².